The van der Waals surface area contributed by atoms with Crippen LogP contribution in [0.1, 0.15) is 37.4 Å². The molecule has 2 N–H and O–H groups in total. The van der Waals surface area contributed by atoms with E-state index in [0.717, 1.165) is 35.3 Å². The summed E-state index contributed by atoms with van der Waals surface area (Å²) in [6, 6.07) is 13.9. The summed E-state index contributed by atoms with van der Waals surface area (Å²) in [6.07, 6.45) is 0.915. The van der Waals surface area contributed by atoms with Crippen LogP contribution in [0, 0.1) is 5.41 Å². The molecule has 0 spiro atoms. The van der Waals surface area contributed by atoms with E-state index < -0.39 is 6.09 Å². The van der Waals surface area contributed by atoms with Gasteiger partial charge in [0.25, 0.3) is 0 Å². The van der Waals surface area contributed by atoms with E-state index in [1.54, 1.807) is 7.11 Å². The van der Waals surface area contributed by atoms with Crippen LogP contribution in [0.25, 0.3) is 11.1 Å². The van der Waals surface area contributed by atoms with E-state index in [-0.39, 0.29) is 18.2 Å². The number of amides is 1. The minimum absolute atomic E-state index is 0.132. The number of rotatable bonds is 5. The van der Waals surface area contributed by atoms with E-state index >= 15 is 0 Å². The van der Waals surface area contributed by atoms with Gasteiger partial charge in [-0.3, -0.25) is 0 Å². The van der Waals surface area contributed by atoms with Gasteiger partial charge in [0.1, 0.15) is 5.75 Å². The van der Waals surface area contributed by atoms with E-state index in [2.05, 4.69) is 37.4 Å². The van der Waals surface area contributed by atoms with E-state index in [1.807, 2.05) is 24.3 Å². The van der Waals surface area contributed by atoms with Crippen LogP contribution in [0.2, 0.25) is 0 Å². The summed E-state index contributed by atoms with van der Waals surface area (Å²) in [4.78, 5) is 11.3. The maximum Gasteiger partial charge on any atom is 0.405 e. The molecule has 1 aliphatic rings. The first-order valence-corrected chi connectivity index (χ1v) is 8.75. The molecule has 0 heterocycles. The third-order valence-corrected chi connectivity index (χ3v) is 5.06. The van der Waals surface area contributed by atoms with Crippen LogP contribution in [-0.2, 0) is 11.2 Å². The normalized spacial score (nSPS) is 18.0. The van der Waals surface area contributed by atoms with Crippen molar-refractivity contribution in [3.63, 3.8) is 0 Å². The zero-order valence-corrected chi connectivity index (χ0v) is 15.4. The molecule has 0 fully saturated rings. The minimum Gasteiger partial charge on any atom is -0.468 e. The first-order valence-electron chi connectivity index (χ1n) is 8.75. The predicted molar refractivity (Wildman–Crippen MR) is 100 cm³/mol. The van der Waals surface area contributed by atoms with Crippen LogP contribution in [0.4, 0.5) is 4.79 Å². The van der Waals surface area contributed by atoms with Crippen LogP contribution in [-0.4, -0.2) is 25.1 Å². The molecule has 1 amide bonds. The zero-order chi connectivity index (χ0) is 18.7. The number of methoxy groups -OCH3 is 1. The zero-order valence-electron chi connectivity index (χ0n) is 15.4. The number of carboxylic acid groups (broad SMARTS) is 1. The fourth-order valence-electron chi connectivity index (χ4n) is 3.58. The molecule has 2 aromatic carbocycles. The molecule has 3 rings (SSSR count). The number of ether oxygens (including phenoxy) is 2. The molecule has 1 atom stereocenters. The Morgan fingerprint density at radius 2 is 2.00 bits per heavy atom. The highest BCUT2D eigenvalue weighted by molar-refractivity contribution is 5.69. The van der Waals surface area contributed by atoms with Gasteiger partial charge in [-0.15, -0.1) is 0 Å². The van der Waals surface area contributed by atoms with Crippen molar-refractivity contribution in [3.8, 4) is 16.9 Å². The van der Waals surface area contributed by atoms with Gasteiger partial charge in [0.15, 0.2) is 6.79 Å². The summed E-state index contributed by atoms with van der Waals surface area (Å²) in [6.45, 7) is 4.43. The molecule has 0 aliphatic heterocycles. The summed E-state index contributed by atoms with van der Waals surface area (Å²) in [5, 5.41) is 12.0. The van der Waals surface area contributed by atoms with Gasteiger partial charge in [0.2, 0.25) is 0 Å². The van der Waals surface area contributed by atoms with Crippen molar-refractivity contribution in [2.45, 2.75) is 32.7 Å². The lowest BCUT2D eigenvalue weighted by atomic mass is 9.70. The predicted octanol–water partition coefficient (Wildman–Crippen LogP) is 4.62. The number of hydrogen-bond acceptors (Lipinski definition) is 3. The van der Waals surface area contributed by atoms with Gasteiger partial charge in [0, 0.05) is 7.11 Å². The summed E-state index contributed by atoms with van der Waals surface area (Å²) >= 11 is 0. The Bertz CT molecular complexity index is 800. The van der Waals surface area contributed by atoms with Crippen molar-refractivity contribution in [2.75, 3.05) is 13.9 Å². The van der Waals surface area contributed by atoms with Crippen LogP contribution in [0.3, 0.4) is 0 Å². The average Bonchev–Trinajstić information content (AvgIpc) is 2.62. The number of carbonyl (C=O) groups is 1. The molecular weight excluding hydrogens is 330 g/mol. The van der Waals surface area contributed by atoms with Gasteiger partial charge in [0.05, 0.1) is 6.04 Å². The second kappa shape index (κ2) is 7.38. The van der Waals surface area contributed by atoms with Crippen molar-refractivity contribution in [3.05, 3.63) is 53.6 Å². The molecule has 138 valence electrons. The molecule has 5 nitrogen and oxygen atoms in total. The lowest BCUT2D eigenvalue weighted by molar-refractivity contribution is 0.0511. The highest BCUT2D eigenvalue weighted by atomic mass is 16.7. The third kappa shape index (κ3) is 3.83. The monoisotopic (exact) mass is 355 g/mol. The van der Waals surface area contributed by atoms with Crippen LogP contribution in [0.15, 0.2) is 42.5 Å². The summed E-state index contributed by atoms with van der Waals surface area (Å²) in [5.41, 5.74) is 4.20. The lowest BCUT2D eigenvalue weighted by Gasteiger charge is -2.40. The summed E-state index contributed by atoms with van der Waals surface area (Å²) < 4.78 is 10.5. The molecule has 0 unspecified atom stereocenters. The number of fused-ring (bicyclic) bond motifs is 1. The Morgan fingerprint density at radius 1 is 1.23 bits per heavy atom. The molecule has 1 aliphatic carbocycles. The van der Waals surface area contributed by atoms with Gasteiger partial charge < -0.3 is 19.9 Å². The molecule has 0 radical (unpaired) electrons. The fraction of sp³-hybridized carbons (Fsp3) is 0.381. The largest absolute Gasteiger partial charge is 0.468 e. The number of hydrogen-bond donors (Lipinski definition) is 2. The molecular formula is C21H25NO4. The number of aryl methyl sites for hydroxylation is 1. The first-order chi connectivity index (χ1) is 12.4. The number of benzene rings is 2. The molecule has 0 saturated carbocycles. The molecule has 0 bridgehead atoms. The molecule has 0 aromatic heterocycles. The van der Waals surface area contributed by atoms with Crippen molar-refractivity contribution in [1.29, 1.82) is 0 Å². The standard InChI is InChI=1S/C21H25NO4/c1-21(2)10-9-14-7-8-16(12-18(14)19(21)22-20(23)24)15-5-4-6-17(11-15)26-13-25-3/h4-8,11-12,19,22H,9-10,13H2,1-3H3,(H,23,24)/t19-/m1/s1. The first kappa shape index (κ1) is 18.3. The second-order valence-electron chi connectivity index (χ2n) is 7.36. The highest BCUT2D eigenvalue weighted by Crippen LogP contribution is 2.44. The minimum atomic E-state index is -0.990. The van der Waals surface area contributed by atoms with Crippen molar-refractivity contribution >= 4 is 6.09 Å². The van der Waals surface area contributed by atoms with Crippen LogP contribution >= 0.6 is 0 Å². The Labute approximate surface area is 153 Å². The van der Waals surface area contributed by atoms with E-state index in [9.17, 15) is 9.90 Å². The quantitative estimate of drug-likeness (QED) is 0.768. The fourth-order valence-corrected chi connectivity index (χ4v) is 3.58. The average molecular weight is 355 g/mol. The molecule has 0 saturated heterocycles. The van der Waals surface area contributed by atoms with Gasteiger partial charge >= 0.3 is 6.09 Å². The molecule has 5 heteroatoms. The van der Waals surface area contributed by atoms with Crippen LogP contribution in [0.5, 0.6) is 5.75 Å². The van der Waals surface area contributed by atoms with Crippen molar-refractivity contribution in [1.82, 2.24) is 5.32 Å². The highest BCUT2D eigenvalue weighted by Gasteiger charge is 2.37. The summed E-state index contributed by atoms with van der Waals surface area (Å²) in [5.74, 6) is 0.739. The van der Waals surface area contributed by atoms with Gasteiger partial charge in [-0.05, 0) is 58.7 Å². The maximum absolute atomic E-state index is 11.3. The van der Waals surface area contributed by atoms with Gasteiger partial charge in [-0.2, -0.15) is 0 Å². The lowest BCUT2D eigenvalue weighted by Crippen LogP contribution is -2.40. The smallest absolute Gasteiger partial charge is 0.405 e. The van der Waals surface area contributed by atoms with E-state index in [4.69, 9.17) is 9.47 Å². The SMILES string of the molecule is COCOc1cccc(-c2ccc3c(c2)[C@@H](NC(=O)O)C(C)(C)CC3)c1. The Morgan fingerprint density at radius 3 is 2.73 bits per heavy atom. The van der Waals surface area contributed by atoms with Crippen LogP contribution < -0.4 is 10.1 Å². The van der Waals surface area contributed by atoms with Gasteiger partial charge in [-0.1, -0.05) is 38.1 Å². The van der Waals surface area contributed by atoms with E-state index in [0.29, 0.717) is 0 Å². The Hall–Kier alpha value is -2.53. The molecule has 26 heavy (non-hydrogen) atoms. The number of nitrogens with one attached hydrogen (secondary N) is 1. The third-order valence-electron chi connectivity index (χ3n) is 5.06. The second-order valence-corrected chi connectivity index (χ2v) is 7.36. The molecule has 2 aromatic rings. The Kier molecular flexibility index (Phi) is 5.18. The van der Waals surface area contributed by atoms with Crippen molar-refractivity contribution in [2.24, 2.45) is 5.41 Å². The maximum atomic E-state index is 11.3. The summed E-state index contributed by atoms with van der Waals surface area (Å²) in [7, 11) is 1.59. The van der Waals surface area contributed by atoms with E-state index in [1.165, 1.54) is 5.56 Å². The van der Waals surface area contributed by atoms with Crippen molar-refractivity contribution < 1.29 is 19.4 Å². The topological polar surface area (TPSA) is 67.8 Å². The van der Waals surface area contributed by atoms with Gasteiger partial charge in [-0.25, -0.2) is 4.79 Å². The Balaban J connectivity index is 1.98.